The highest BCUT2D eigenvalue weighted by molar-refractivity contribution is 9.10. The summed E-state index contributed by atoms with van der Waals surface area (Å²) in [4.78, 5) is 36.5. The van der Waals surface area contributed by atoms with Crippen molar-refractivity contribution in [2.24, 2.45) is 0 Å². The Morgan fingerprint density at radius 1 is 1.33 bits per heavy atom. The molecule has 0 spiro atoms. The second-order valence-corrected chi connectivity index (χ2v) is 5.79. The molecule has 1 aliphatic rings. The van der Waals surface area contributed by atoms with Gasteiger partial charge in [0.15, 0.2) is 6.61 Å². The van der Waals surface area contributed by atoms with E-state index in [0.717, 1.165) is 4.47 Å². The summed E-state index contributed by atoms with van der Waals surface area (Å²) in [5, 5.41) is 5.13. The highest BCUT2D eigenvalue weighted by atomic mass is 79.9. The molecule has 0 unspecified atom stereocenters. The summed E-state index contributed by atoms with van der Waals surface area (Å²) in [7, 11) is 0. The lowest BCUT2D eigenvalue weighted by molar-refractivity contribution is -0.125. The van der Waals surface area contributed by atoms with Gasteiger partial charge in [-0.05, 0) is 25.1 Å². The zero-order valence-corrected chi connectivity index (χ0v) is 14.7. The molecule has 2 N–H and O–H groups in total. The number of amides is 3. The van der Waals surface area contributed by atoms with Gasteiger partial charge in [-0.15, -0.1) is 0 Å². The summed E-state index contributed by atoms with van der Waals surface area (Å²) in [6, 6.07) is 5.23. The van der Waals surface area contributed by atoms with Crippen LogP contribution in [-0.4, -0.2) is 50.8 Å². The fraction of sp³-hybridized carbons (Fsp3) is 0.400. The smallest absolute Gasteiger partial charge is 0.407 e. The largest absolute Gasteiger partial charge is 0.482 e. The number of nitrogens with zero attached hydrogens (tertiary/aromatic N) is 1. The minimum atomic E-state index is -0.533. The van der Waals surface area contributed by atoms with Crippen LogP contribution >= 0.6 is 15.9 Å². The number of ether oxygens (including phenoxy) is 2. The fourth-order valence-electron chi connectivity index (χ4n) is 2.10. The highest BCUT2D eigenvalue weighted by Crippen LogP contribution is 2.34. The lowest BCUT2D eigenvalue weighted by Gasteiger charge is -2.29. The number of anilines is 1. The number of fused-ring (bicyclic) bond motifs is 1. The first kappa shape index (κ1) is 18.1. The van der Waals surface area contributed by atoms with Crippen molar-refractivity contribution in [3.63, 3.8) is 0 Å². The first-order valence-electron chi connectivity index (χ1n) is 7.41. The fourth-order valence-corrected chi connectivity index (χ4v) is 2.44. The Bertz CT molecular complexity index is 638. The molecule has 0 fully saturated rings. The number of carbonyl (C=O) groups is 3. The summed E-state index contributed by atoms with van der Waals surface area (Å²) in [5.41, 5.74) is 0.550. The van der Waals surface area contributed by atoms with Crippen molar-refractivity contribution in [3.05, 3.63) is 22.7 Å². The van der Waals surface area contributed by atoms with E-state index in [1.165, 1.54) is 4.90 Å². The van der Waals surface area contributed by atoms with Gasteiger partial charge in [0.1, 0.15) is 12.3 Å². The van der Waals surface area contributed by atoms with Gasteiger partial charge in [0, 0.05) is 17.6 Å². The van der Waals surface area contributed by atoms with Crippen molar-refractivity contribution >= 4 is 39.5 Å². The van der Waals surface area contributed by atoms with Crippen LogP contribution in [0, 0.1) is 0 Å². The number of halogens is 1. The van der Waals surface area contributed by atoms with Gasteiger partial charge < -0.3 is 20.1 Å². The van der Waals surface area contributed by atoms with Crippen LogP contribution in [0.15, 0.2) is 22.7 Å². The lowest BCUT2D eigenvalue weighted by atomic mass is 10.2. The number of carbonyl (C=O) groups excluding carboxylic acids is 3. The average Bonchev–Trinajstić information content (AvgIpc) is 2.54. The van der Waals surface area contributed by atoms with Gasteiger partial charge in [-0.1, -0.05) is 15.9 Å². The van der Waals surface area contributed by atoms with Gasteiger partial charge in [0.05, 0.1) is 12.3 Å². The summed E-state index contributed by atoms with van der Waals surface area (Å²) >= 11 is 3.33. The predicted molar refractivity (Wildman–Crippen MR) is 90.0 cm³/mol. The summed E-state index contributed by atoms with van der Waals surface area (Å²) < 4.78 is 10.9. The monoisotopic (exact) mass is 399 g/mol. The molecule has 3 amide bonds. The third-order valence-corrected chi connectivity index (χ3v) is 3.65. The number of rotatable bonds is 6. The van der Waals surface area contributed by atoms with E-state index in [2.05, 4.69) is 26.6 Å². The van der Waals surface area contributed by atoms with E-state index in [9.17, 15) is 14.4 Å². The Labute approximate surface area is 147 Å². The van der Waals surface area contributed by atoms with Crippen LogP contribution in [0.4, 0.5) is 10.5 Å². The average molecular weight is 400 g/mol. The van der Waals surface area contributed by atoms with Crippen molar-refractivity contribution < 1.29 is 23.9 Å². The molecular weight excluding hydrogens is 382 g/mol. The number of alkyl carbamates (subject to hydrolysis) is 1. The molecule has 2 rings (SSSR count). The summed E-state index contributed by atoms with van der Waals surface area (Å²) in [6.07, 6.45) is -0.533. The summed E-state index contributed by atoms with van der Waals surface area (Å²) in [6.45, 7) is 2.25. The van der Waals surface area contributed by atoms with E-state index in [-0.39, 0.29) is 44.7 Å². The van der Waals surface area contributed by atoms with Gasteiger partial charge in [-0.2, -0.15) is 0 Å². The molecule has 130 valence electrons. The zero-order valence-electron chi connectivity index (χ0n) is 13.1. The van der Waals surface area contributed by atoms with Crippen LogP contribution < -0.4 is 20.3 Å². The first-order chi connectivity index (χ1) is 11.5. The maximum absolute atomic E-state index is 12.0. The van der Waals surface area contributed by atoms with E-state index in [1.54, 1.807) is 25.1 Å². The Kier molecular flexibility index (Phi) is 6.42. The molecule has 24 heavy (non-hydrogen) atoms. The molecule has 0 bridgehead atoms. The van der Waals surface area contributed by atoms with Crippen molar-refractivity contribution in [2.45, 2.75) is 6.92 Å². The Balaban J connectivity index is 1.85. The molecule has 1 aromatic rings. The van der Waals surface area contributed by atoms with Crippen LogP contribution in [0.3, 0.4) is 0 Å². The minimum Gasteiger partial charge on any atom is -0.482 e. The number of hydrogen-bond acceptors (Lipinski definition) is 5. The van der Waals surface area contributed by atoms with E-state index >= 15 is 0 Å². The zero-order chi connectivity index (χ0) is 17.5. The molecule has 1 heterocycles. The minimum absolute atomic E-state index is 0.110. The second-order valence-electron chi connectivity index (χ2n) is 4.88. The van der Waals surface area contributed by atoms with Gasteiger partial charge in [-0.3, -0.25) is 14.5 Å². The lowest BCUT2D eigenvalue weighted by Crippen LogP contribution is -2.46. The van der Waals surface area contributed by atoms with Gasteiger partial charge in [-0.25, -0.2) is 4.79 Å². The molecule has 8 nitrogen and oxygen atoms in total. The Hall–Kier alpha value is -2.29. The summed E-state index contributed by atoms with van der Waals surface area (Å²) in [5.74, 6) is -0.0739. The van der Waals surface area contributed by atoms with Crippen LogP contribution in [0.1, 0.15) is 6.92 Å². The molecular formula is C15H18BrN3O5. The third kappa shape index (κ3) is 4.85. The van der Waals surface area contributed by atoms with Gasteiger partial charge >= 0.3 is 6.09 Å². The number of nitrogens with one attached hydrogen (secondary N) is 2. The highest BCUT2D eigenvalue weighted by Gasteiger charge is 2.27. The van der Waals surface area contributed by atoms with E-state index in [1.807, 2.05) is 0 Å². The number of benzene rings is 1. The molecule has 0 aliphatic carbocycles. The van der Waals surface area contributed by atoms with E-state index < -0.39 is 6.09 Å². The molecule has 0 aromatic heterocycles. The molecule has 0 saturated carbocycles. The quantitative estimate of drug-likeness (QED) is 0.696. The van der Waals surface area contributed by atoms with Crippen LogP contribution in [0.25, 0.3) is 0 Å². The normalized spacial score (nSPS) is 12.9. The van der Waals surface area contributed by atoms with Gasteiger partial charge in [0.2, 0.25) is 5.91 Å². The topological polar surface area (TPSA) is 97.0 Å². The maximum atomic E-state index is 12.0. The molecule has 9 heteroatoms. The number of hydrogen-bond donors (Lipinski definition) is 2. The van der Waals surface area contributed by atoms with Crippen molar-refractivity contribution in [1.29, 1.82) is 0 Å². The first-order valence-corrected chi connectivity index (χ1v) is 8.20. The molecule has 0 saturated heterocycles. The van der Waals surface area contributed by atoms with E-state index in [0.29, 0.717) is 11.4 Å². The van der Waals surface area contributed by atoms with Crippen molar-refractivity contribution in [3.8, 4) is 5.75 Å². The molecule has 1 aromatic carbocycles. The van der Waals surface area contributed by atoms with Crippen molar-refractivity contribution in [1.82, 2.24) is 10.6 Å². The van der Waals surface area contributed by atoms with Crippen molar-refractivity contribution in [2.75, 3.05) is 37.7 Å². The van der Waals surface area contributed by atoms with Gasteiger partial charge in [0.25, 0.3) is 5.91 Å². The third-order valence-electron chi connectivity index (χ3n) is 3.16. The SMILES string of the molecule is CCOC(=O)NCCNC(=O)CN1C(=O)COc2cc(Br)ccc21. The van der Waals surface area contributed by atoms with E-state index in [4.69, 9.17) is 9.47 Å². The maximum Gasteiger partial charge on any atom is 0.407 e. The predicted octanol–water partition coefficient (Wildman–Crippen LogP) is 1.04. The van der Waals surface area contributed by atoms with Crippen LogP contribution in [0.2, 0.25) is 0 Å². The molecule has 1 aliphatic heterocycles. The Morgan fingerprint density at radius 2 is 2.08 bits per heavy atom. The standard InChI is InChI=1S/C15H18BrN3O5/c1-2-23-15(22)18-6-5-17-13(20)8-19-11-4-3-10(16)7-12(11)24-9-14(19)21/h3-4,7H,2,5-6,8-9H2,1H3,(H,17,20)(H,18,22). The molecule has 0 radical (unpaired) electrons. The van der Waals surface area contributed by atoms with Crippen LogP contribution in [-0.2, 0) is 14.3 Å². The molecule has 0 atom stereocenters. The van der Waals surface area contributed by atoms with Crippen LogP contribution in [0.5, 0.6) is 5.75 Å². The Morgan fingerprint density at radius 3 is 2.83 bits per heavy atom. The second kappa shape index (κ2) is 8.53.